The predicted molar refractivity (Wildman–Crippen MR) is 137 cm³/mol. The van der Waals surface area contributed by atoms with Gasteiger partial charge in [0.25, 0.3) is 0 Å². The molecule has 0 heterocycles. The van der Waals surface area contributed by atoms with Gasteiger partial charge in [0.2, 0.25) is 21.8 Å². The summed E-state index contributed by atoms with van der Waals surface area (Å²) in [7, 11) is -3.55. The number of unbranched alkanes of at least 4 members (excludes halogenated alkanes) is 1. The third-order valence-corrected chi connectivity index (χ3v) is 6.98. The molecule has 0 unspecified atom stereocenters. The van der Waals surface area contributed by atoms with Crippen LogP contribution in [0.1, 0.15) is 50.7 Å². The van der Waals surface area contributed by atoms with Crippen molar-refractivity contribution in [2.24, 2.45) is 0 Å². The largest absolute Gasteiger partial charge is 0.354 e. The number of hydrogen-bond acceptors (Lipinski definition) is 4. The van der Waals surface area contributed by atoms with Crippen molar-refractivity contribution in [2.45, 2.75) is 59.0 Å². The van der Waals surface area contributed by atoms with Crippen molar-refractivity contribution in [3.05, 3.63) is 65.5 Å². The molecule has 35 heavy (non-hydrogen) atoms. The first-order valence-electron chi connectivity index (χ1n) is 11.9. The molecule has 0 spiro atoms. The SMILES string of the molecule is CCCCNC(=O)[C@H](C)N(Cc1ccc(F)cc1)C(=O)CCCN(c1ccccc1C)S(C)(=O)=O. The van der Waals surface area contributed by atoms with Crippen molar-refractivity contribution >= 4 is 27.5 Å². The monoisotopic (exact) mass is 505 g/mol. The molecule has 0 aliphatic rings. The predicted octanol–water partition coefficient (Wildman–Crippen LogP) is 4.01. The molecule has 0 aliphatic carbocycles. The lowest BCUT2D eigenvalue weighted by Crippen LogP contribution is -2.48. The lowest BCUT2D eigenvalue weighted by molar-refractivity contribution is -0.140. The number of carbonyl (C=O) groups excluding carboxylic acids is 2. The molecule has 0 saturated heterocycles. The molecule has 1 atom stereocenters. The highest BCUT2D eigenvalue weighted by Crippen LogP contribution is 2.23. The average Bonchev–Trinajstić information content (AvgIpc) is 2.81. The number of para-hydroxylation sites is 1. The van der Waals surface area contributed by atoms with Crippen LogP contribution in [0.3, 0.4) is 0 Å². The zero-order valence-corrected chi connectivity index (χ0v) is 21.8. The summed E-state index contributed by atoms with van der Waals surface area (Å²) in [5, 5.41) is 2.86. The smallest absolute Gasteiger partial charge is 0.242 e. The van der Waals surface area contributed by atoms with Crippen LogP contribution in [0.2, 0.25) is 0 Å². The molecular weight excluding hydrogens is 469 g/mol. The highest BCUT2D eigenvalue weighted by atomic mass is 32.2. The number of amides is 2. The van der Waals surface area contributed by atoms with Crippen molar-refractivity contribution in [1.29, 1.82) is 0 Å². The van der Waals surface area contributed by atoms with Crippen LogP contribution in [0, 0.1) is 12.7 Å². The van der Waals surface area contributed by atoms with E-state index in [-0.39, 0.29) is 43.6 Å². The molecule has 0 aliphatic heterocycles. The molecule has 1 N–H and O–H groups in total. The van der Waals surface area contributed by atoms with Crippen molar-refractivity contribution in [1.82, 2.24) is 10.2 Å². The second-order valence-electron chi connectivity index (χ2n) is 8.69. The minimum atomic E-state index is -3.55. The number of nitrogens with one attached hydrogen (secondary N) is 1. The molecule has 192 valence electrons. The van der Waals surface area contributed by atoms with E-state index in [2.05, 4.69) is 5.32 Å². The van der Waals surface area contributed by atoms with Crippen molar-refractivity contribution < 1.29 is 22.4 Å². The Morgan fingerprint density at radius 2 is 1.71 bits per heavy atom. The molecule has 7 nitrogen and oxygen atoms in total. The first-order chi connectivity index (χ1) is 16.5. The standard InChI is InChI=1S/C26H36FN3O4S/c1-5-6-17-28-26(32)21(3)29(19-22-13-15-23(27)16-14-22)25(31)12-9-18-30(35(4,33)34)24-11-8-7-10-20(24)2/h7-8,10-11,13-16,21H,5-6,9,12,17-19H2,1-4H3,(H,28,32)/t21-/m0/s1. The maximum Gasteiger partial charge on any atom is 0.242 e. The van der Waals surface area contributed by atoms with Crippen LogP contribution in [0.5, 0.6) is 0 Å². The van der Waals surface area contributed by atoms with Crippen molar-refractivity contribution in [2.75, 3.05) is 23.7 Å². The number of sulfonamides is 1. The lowest BCUT2D eigenvalue weighted by Gasteiger charge is -2.29. The quantitative estimate of drug-likeness (QED) is 0.417. The van der Waals surface area contributed by atoms with Gasteiger partial charge in [-0.15, -0.1) is 0 Å². The summed E-state index contributed by atoms with van der Waals surface area (Å²) in [6.07, 6.45) is 3.26. The Bertz CT molecular complexity index is 1090. The van der Waals surface area contributed by atoms with Gasteiger partial charge in [-0.2, -0.15) is 0 Å². The summed E-state index contributed by atoms with van der Waals surface area (Å²) < 4.78 is 39.5. The van der Waals surface area contributed by atoms with Gasteiger partial charge in [0.05, 0.1) is 11.9 Å². The molecule has 0 radical (unpaired) electrons. The fourth-order valence-electron chi connectivity index (χ4n) is 3.73. The minimum absolute atomic E-state index is 0.0612. The fraction of sp³-hybridized carbons (Fsp3) is 0.462. The molecule has 9 heteroatoms. The molecule has 2 rings (SSSR count). The first-order valence-corrected chi connectivity index (χ1v) is 13.7. The Labute approximate surface area is 208 Å². The molecule has 0 aromatic heterocycles. The molecule has 2 amide bonds. The van der Waals surface area contributed by atoms with E-state index in [0.29, 0.717) is 17.8 Å². The van der Waals surface area contributed by atoms with Crippen molar-refractivity contribution in [3.8, 4) is 0 Å². The summed E-state index contributed by atoms with van der Waals surface area (Å²) in [5.41, 5.74) is 2.10. The first kappa shape index (κ1) is 28.3. The van der Waals surface area contributed by atoms with Crippen molar-refractivity contribution in [3.63, 3.8) is 0 Å². The summed E-state index contributed by atoms with van der Waals surface area (Å²) in [6.45, 7) is 6.33. The number of aryl methyl sites for hydroxylation is 1. The Morgan fingerprint density at radius 1 is 1.06 bits per heavy atom. The maximum absolute atomic E-state index is 13.4. The van der Waals surface area contributed by atoms with E-state index in [9.17, 15) is 22.4 Å². The summed E-state index contributed by atoms with van der Waals surface area (Å²) in [5.74, 6) is -0.911. The van der Waals surface area contributed by atoms with Crippen LogP contribution in [0.15, 0.2) is 48.5 Å². The Balaban J connectivity index is 2.14. The maximum atomic E-state index is 13.4. The normalized spacial score (nSPS) is 12.1. The third-order valence-electron chi connectivity index (χ3n) is 5.80. The Hall–Kier alpha value is -2.94. The van der Waals surface area contributed by atoms with Gasteiger partial charge in [-0.1, -0.05) is 43.7 Å². The number of rotatable bonds is 13. The topological polar surface area (TPSA) is 86.8 Å². The fourth-order valence-corrected chi connectivity index (χ4v) is 4.75. The molecule has 0 fully saturated rings. The molecular formula is C26H36FN3O4S. The van der Waals surface area contributed by atoms with E-state index in [1.165, 1.54) is 21.3 Å². The second kappa shape index (κ2) is 13.2. The lowest BCUT2D eigenvalue weighted by atomic mass is 10.1. The zero-order chi connectivity index (χ0) is 26.0. The summed E-state index contributed by atoms with van der Waals surface area (Å²) >= 11 is 0. The zero-order valence-electron chi connectivity index (χ0n) is 21.0. The highest BCUT2D eigenvalue weighted by Gasteiger charge is 2.26. The van der Waals surface area contributed by atoms with Crippen LogP contribution >= 0.6 is 0 Å². The van der Waals surface area contributed by atoms with Gasteiger partial charge in [-0.3, -0.25) is 13.9 Å². The Kier molecular flexibility index (Phi) is 10.7. The molecule has 0 saturated carbocycles. The number of benzene rings is 2. The number of halogens is 1. The molecule has 2 aromatic carbocycles. The number of carbonyl (C=O) groups is 2. The Morgan fingerprint density at radius 3 is 2.31 bits per heavy atom. The van der Waals surface area contributed by atoms with E-state index in [1.807, 2.05) is 26.0 Å². The number of anilines is 1. The van der Waals surface area contributed by atoms with Crippen LogP contribution in [-0.2, 0) is 26.2 Å². The van der Waals surface area contributed by atoms with Gasteiger partial charge in [-0.25, -0.2) is 12.8 Å². The van der Waals surface area contributed by atoms with Crippen LogP contribution < -0.4 is 9.62 Å². The highest BCUT2D eigenvalue weighted by molar-refractivity contribution is 7.92. The van der Waals surface area contributed by atoms with Gasteiger partial charge in [0, 0.05) is 26.1 Å². The van der Waals surface area contributed by atoms with E-state index in [0.717, 1.165) is 24.7 Å². The minimum Gasteiger partial charge on any atom is -0.354 e. The number of hydrogen-bond donors (Lipinski definition) is 1. The van der Waals surface area contributed by atoms with E-state index in [4.69, 9.17) is 0 Å². The third kappa shape index (κ3) is 8.65. The van der Waals surface area contributed by atoms with E-state index >= 15 is 0 Å². The van der Waals surface area contributed by atoms with Gasteiger partial charge >= 0.3 is 0 Å². The summed E-state index contributed by atoms with van der Waals surface area (Å²) in [6, 6.07) is 12.3. The van der Waals surface area contributed by atoms with Crippen LogP contribution in [-0.4, -0.2) is 50.5 Å². The number of nitrogens with zero attached hydrogens (tertiary/aromatic N) is 2. The van der Waals surface area contributed by atoms with Gasteiger partial charge in [0.15, 0.2) is 0 Å². The second-order valence-corrected chi connectivity index (χ2v) is 10.6. The van der Waals surface area contributed by atoms with Crippen LogP contribution in [0.4, 0.5) is 10.1 Å². The molecule has 0 bridgehead atoms. The van der Waals surface area contributed by atoms with Gasteiger partial charge in [-0.05, 0) is 56.0 Å². The van der Waals surface area contributed by atoms with E-state index < -0.39 is 16.1 Å². The molecule has 2 aromatic rings. The average molecular weight is 506 g/mol. The van der Waals surface area contributed by atoms with E-state index in [1.54, 1.807) is 31.2 Å². The van der Waals surface area contributed by atoms with Gasteiger partial charge in [0.1, 0.15) is 11.9 Å². The summed E-state index contributed by atoms with van der Waals surface area (Å²) in [4.78, 5) is 27.4. The van der Waals surface area contributed by atoms with Crippen LogP contribution in [0.25, 0.3) is 0 Å². The van der Waals surface area contributed by atoms with Gasteiger partial charge < -0.3 is 10.2 Å².